The van der Waals surface area contributed by atoms with E-state index in [0.717, 1.165) is 11.4 Å². The summed E-state index contributed by atoms with van der Waals surface area (Å²) >= 11 is 0. The number of likely N-dealkylation sites (N-methyl/N-ethyl adjacent to an activating group) is 1. The van der Waals surface area contributed by atoms with Crippen molar-refractivity contribution in [2.24, 2.45) is 0 Å². The second-order valence-corrected chi connectivity index (χ2v) is 3.37. The van der Waals surface area contributed by atoms with Crippen LogP contribution in [-0.4, -0.2) is 31.2 Å². The summed E-state index contributed by atoms with van der Waals surface area (Å²) in [5.74, 6) is -0.0773. The average Bonchev–Trinajstić information content (AvgIpc) is 2.18. The van der Waals surface area contributed by atoms with E-state index in [1.807, 2.05) is 36.2 Å². The zero-order valence-electron chi connectivity index (χ0n) is 9.03. The first-order chi connectivity index (χ1) is 7.13. The third kappa shape index (κ3) is 3.59. The molecule has 0 fully saturated rings. The number of aliphatic hydroxyl groups is 1. The molecule has 0 spiro atoms. The summed E-state index contributed by atoms with van der Waals surface area (Å²) in [5.41, 5.74) is 1.79. The molecule has 0 saturated heterocycles. The van der Waals surface area contributed by atoms with Gasteiger partial charge < -0.3 is 15.3 Å². The second kappa shape index (κ2) is 5.36. The van der Waals surface area contributed by atoms with Crippen LogP contribution in [0.3, 0.4) is 0 Å². The lowest BCUT2D eigenvalue weighted by Crippen LogP contribution is -2.20. The van der Waals surface area contributed by atoms with Gasteiger partial charge in [0.05, 0.1) is 6.61 Å². The maximum absolute atomic E-state index is 10.8. The largest absolute Gasteiger partial charge is 0.395 e. The predicted molar refractivity (Wildman–Crippen MR) is 61.1 cm³/mol. The van der Waals surface area contributed by atoms with Crippen molar-refractivity contribution in [3.05, 3.63) is 24.3 Å². The van der Waals surface area contributed by atoms with Crippen LogP contribution in [0.15, 0.2) is 24.3 Å². The van der Waals surface area contributed by atoms with Gasteiger partial charge in [-0.3, -0.25) is 4.79 Å². The lowest BCUT2D eigenvalue weighted by atomic mass is 10.2. The van der Waals surface area contributed by atoms with Gasteiger partial charge in [0, 0.05) is 31.9 Å². The Balaban J connectivity index is 2.67. The highest BCUT2D eigenvalue weighted by atomic mass is 16.3. The first-order valence-electron chi connectivity index (χ1n) is 4.83. The molecule has 1 aromatic rings. The Kier molecular flexibility index (Phi) is 4.12. The number of carbonyl (C=O) groups excluding carboxylic acids is 1. The Morgan fingerprint density at radius 3 is 2.47 bits per heavy atom. The van der Waals surface area contributed by atoms with Crippen LogP contribution >= 0.6 is 0 Å². The molecule has 0 saturated carbocycles. The highest BCUT2D eigenvalue weighted by Gasteiger charge is 2.00. The normalized spacial score (nSPS) is 9.80. The molecule has 15 heavy (non-hydrogen) atoms. The summed E-state index contributed by atoms with van der Waals surface area (Å²) in [6.07, 6.45) is 0. The van der Waals surface area contributed by atoms with Crippen LogP contribution in [0.4, 0.5) is 11.4 Å². The molecule has 0 unspecified atom stereocenters. The maximum atomic E-state index is 10.8. The van der Waals surface area contributed by atoms with E-state index >= 15 is 0 Å². The molecule has 1 rings (SSSR count). The van der Waals surface area contributed by atoms with Crippen LogP contribution in [0.25, 0.3) is 0 Å². The molecule has 4 nitrogen and oxygen atoms in total. The first kappa shape index (κ1) is 11.5. The van der Waals surface area contributed by atoms with Gasteiger partial charge in [-0.25, -0.2) is 0 Å². The molecule has 82 valence electrons. The lowest BCUT2D eigenvalue weighted by Gasteiger charge is -2.18. The number of anilines is 2. The van der Waals surface area contributed by atoms with E-state index in [1.54, 1.807) is 0 Å². The van der Waals surface area contributed by atoms with E-state index in [0.29, 0.717) is 6.54 Å². The molecule has 0 aliphatic carbocycles. The molecule has 1 amide bonds. The maximum Gasteiger partial charge on any atom is 0.221 e. The fourth-order valence-electron chi connectivity index (χ4n) is 1.28. The number of hydrogen-bond donors (Lipinski definition) is 2. The first-order valence-corrected chi connectivity index (χ1v) is 4.83. The molecule has 4 heteroatoms. The number of carbonyl (C=O) groups is 1. The molecule has 1 aromatic carbocycles. The van der Waals surface area contributed by atoms with Gasteiger partial charge in [0.1, 0.15) is 0 Å². The number of nitrogens with one attached hydrogen (secondary N) is 1. The predicted octanol–water partition coefficient (Wildman–Crippen LogP) is 1.07. The van der Waals surface area contributed by atoms with Gasteiger partial charge in [-0.15, -0.1) is 0 Å². The number of rotatable bonds is 4. The van der Waals surface area contributed by atoms with Crippen molar-refractivity contribution in [3.8, 4) is 0 Å². The third-order valence-corrected chi connectivity index (χ3v) is 2.06. The molecular weight excluding hydrogens is 192 g/mol. The summed E-state index contributed by atoms with van der Waals surface area (Å²) in [4.78, 5) is 12.7. The minimum absolute atomic E-state index is 0.0773. The van der Waals surface area contributed by atoms with Gasteiger partial charge in [0.25, 0.3) is 0 Å². The average molecular weight is 208 g/mol. The van der Waals surface area contributed by atoms with Crippen molar-refractivity contribution in [1.82, 2.24) is 0 Å². The number of benzene rings is 1. The van der Waals surface area contributed by atoms with Crippen LogP contribution in [0, 0.1) is 0 Å². The minimum Gasteiger partial charge on any atom is -0.395 e. The van der Waals surface area contributed by atoms with Crippen molar-refractivity contribution in [1.29, 1.82) is 0 Å². The summed E-state index contributed by atoms with van der Waals surface area (Å²) in [7, 11) is 1.91. The van der Waals surface area contributed by atoms with Gasteiger partial charge in [-0.1, -0.05) is 0 Å². The highest BCUT2D eigenvalue weighted by molar-refractivity contribution is 5.88. The number of aliphatic hydroxyl groups excluding tert-OH is 1. The second-order valence-electron chi connectivity index (χ2n) is 3.37. The van der Waals surface area contributed by atoms with Crippen LogP contribution in [-0.2, 0) is 4.79 Å². The minimum atomic E-state index is -0.0773. The molecule has 0 aromatic heterocycles. The number of amides is 1. The third-order valence-electron chi connectivity index (χ3n) is 2.06. The van der Waals surface area contributed by atoms with Gasteiger partial charge in [0.2, 0.25) is 5.91 Å². The van der Waals surface area contributed by atoms with Crippen LogP contribution < -0.4 is 10.2 Å². The molecular formula is C11H16N2O2. The smallest absolute Gasteiger partial charge is 0.221 e. The van der Waals surface area contributed by atoms with Crippen LogP contribution in [0.1, 0.15) is 6.92 Å². The molecule has 0 aliphatic heterocycles. The fourth-order valence-corrected chi connectivity index (χ4v) is 1.28. The number of nitrogens with zero attached hydrogens (tertiary/aromatic N) is 1. The van der Waals surface area contributed by atoms with Crippen molar-refractivity contribution in [2.45, 2.75) is 6.92 Å². The zero-order chi connectivity index (χ0) is 11.3. The standard InChI is InChI=1S/C11H16N2O2/c1-9(15)12-10-3-5-11(6-4-10)13(2)7-8-14/h3-6,14H,7-8H2,1-2H3,(H,12,15). The quantitative estimate of drug-likeness (QED) is 0.778. The van der Waals surface area contributed by atoms with E-state index in [-0.39, 0.29) is 12.5 Å². The SMILES string of the molecule is CC(=O)Nc1ccc(N(C)CCO)cc1. The van der Waals surface area contributed by atoms with Gasteiger partial charge in [-0.2, -0.15) is 0 Å². The Morgan fingerprint density at radius 1 is 1.40 bits per heavy atom. The summed E-state index contributed by atoms with van der Waals surface area (Å²) in [6, 6.07) is 7.48. The van der Waals surface area contributed by atoms with Gasteiger partial charge in [0.15, 0.2) is 0 Å². The fraction of sp³-hybridized carbons (Fsp3) is 0.364. The van der Waals surface area contributed by atoms with Crippen molar-refractivity contribution in [3.63, 3.8) is 0 Å². The Hall–Kier alpha value is -1.55. The molecule has 0 aliphatic rings. The molecule has 0 bridgehead atoms. The van der Waals surface area contributed by atoms with Crippen LogP contribution in [0.5, 0.6) is 0 Å². The Morgan fingerprint density at radius 2 is 2.00 bits per heavy atom. The molecule has 2 N–H and O–H groups in total. The summed E-state index contributed by atoms with van der Waals surface area (Å²) in [6.45, 7) is 2.20. The zero-order valence-corrected chi connectivity index (χ0v) is 9.03. The van der Waals surface area contributed by atoms with Crippen LogP contribution in [0.2, 0.25) is 0 Å². The Labute approximate surface area is 89.5 Å². The van der Waals surface area contributed by atoms with E-state index in [1.165, 1.54) is 6.92 Å². The Bertz CT molecular complexity index is 322. The van der Waals surface area contributed by atoms with Crippen molar-refractivity contribution >= 4 is 17.3 Å². The van der Waals surface area contributed by atoms with E-state index in [9.17, 15) is 4.79 Å². The van der Waals surface area contributed by atoms with Gasteiger partial charge in [-0.05, 0) is 24.3 Å². The summed E-state index contributed by atoms with van der Waals surface area (Å²) < 4.78 is 0. The van der Waals surface area contributed by atoms with E-state index in [2.05, 4.69) is 5.32 Å². The lowest BCUT2D eigenvalue weighted by molar-refractivity contribution is -0.114. The highest BCUT2D eigenvalue weighted by Crippen LogP contribution is 2.16. The molecule has 0 heterocycles. The van der Waals surface area contributed by atoms with E-state index in [4.69, 9.17) is 5.11 Å². The van der Waals surface area contributed by atoms with Crippen molar-refractivity contribution in [2.75, 3.05) is 30.4 Å². The molecule has 0 atom stereocenters. The van der Waals surface area contributed by atoms with Gasteiger partial charge >= 0.3 is 0 Å². The van der Waals surface area contributed by atoms with Crippen molar-refractivity contribution < 1.29 is 9.90 Å². The van der Waals surface area contributed by atoms with E-state index < -0.39 is 0 Å². The molecule has 0 radical (unpaired) electrons. The topological polar surface area (TPSA) is 52.6 Å². The number of hydrogen-bond acceptors (Lipinski definition) is 3. The monoisotopic (exact) mass is 208 g/mol. The summed E-state index contributed by atoms with van der Waals surface area (Å²) in [5, 5.41) is 11.5.